The zero-order chi connectivity index (χ0) is 13.1. The molecule has 0 unspecified atom stereocenters. The molecule has 2 rings (SSSR count). The third kappa shape index (κ3) is 2.76. The first-order valence-corrected chi connectivity index (χ1v) is 6.48. The summed E-state index contributed by atoms with van der Waals surface area (Å²) >= 11 is 1.62. The lowest BCUT2D eigenvalue weighted by Gasteiger charge is -2.06. The highest BCUT2D eigenvalue weighted by Crippen LogP contribution is 2.15. The van der Waals surface area contributed by atoms with Gasteiger partial charge in [-0.05, 0) is 37.6 Å². The number of amides is 1. The van der Waals surface area contributed by atoms with Crippen molar-refractivity contribution in [2.24, 2.45) is 0 Å². The van der Waals surface area contributed by atoms with Crippen molar-refractivity contribution in [3.8, 4) is 0 Å². The highest BCUT2D eigenvalue weighted by atomic mass is 32.1. The van der Waals surface area contributed by atoms with Crippen molar-refractivity contribution in [1.82, 2.24) is 5.32 Å². The van der Waals surface area contributed by atoms with Gasteiger partial charge in [-0.1, -0.05) is 12.1 Å². The zero-order valence-electron chi connectivity index (χ0n) is 10.3. The summed E-state index contributed by atoms with van der Waals surface area (Å²) in [5.41, 5.74) is 0.581. The standard InChI is InChI=1S/C14H14FNOS/c1-9-4-3-5-12(13(9)15)14(17)16-8-11-7-6-10(2)18-11/h3-7H,8H2,1-2H3,(H,16,17). The molecule has 0 fully saturated rings. The molecule has 1 aromatic heterocycles. The summed E-state index contributed by atoms with van der Waals surface area (Å²) in [5, 5.41) is 2.73. The second-order valence-electron chi connectivity index (χ2n) is 4.13. The molecule has 4 heteroatoms. The van der Waals surface area contributed by atoms with Gasteiger partial charge in [0.25, 0.3) is 5.91 Å². The molecule has 1 N–H and O–H groups in total. The van der Waals surface area contributed by atoms with Crippen molar-refractivity contribution in [2.45, 2.75) is 20.4 Å². The maximum absolute atomic E-state index is 13.7. The Bertz CT molecular complexity index is 577. The molecular formula is C14H14FNOS. The van der Waals surface area contributed by atoms with Crippen molar-refractivity contribution in [2.75, 3.05) is 0 Å². The van der Waals surface area contributed by atoms with Crippen LogP contribution in [0.2, 0.25) is 0 Å². The third-order valence-corrected chi connectivity index (χ3v) is 3.66. The second-order valence-corrected chi connectivity index (χ2v) is 5.50. The Hall–Kier alpha value is -1.68. The van der Waals surface area contributed by atoms with Crippen LogP contribution in [0.3, 0.4) is 0 Å². The van der Waals surface area contributed by atoms with Crippen LogP contribution >= 0.6 is 11.3 Å². The van der Waals surface area contributed by atoms with E-state index in [2.05, 4.69) is 5.32 Å². The first-order chi connectivity index (χ1) is 8.58. The van der Waals surface area contributed by atoms with Gasteiger partial charge in [0.2, 0.25) is 0 Å². The highest BCUT2D eigenvalue weighted by molar-refractivity contribution is 7.11. The van der Waals surface area contributed by atoms with Crippen LogP contribution in [0, 0.1) is 19.7 Å². The first kappa shape index (κ1) is 12.8. The quantitative estimate of drug-likeness (QED) is 0.903. The van der Waals surface area contributed by atoms with Crippen molar-refractivity contribution >= 4 is 17.2 Å². The summed E-state index contributed by atoms with van der Waals surface area (Å²) in [6.45, 7) is 4.09. The molecule has 0 aliphatic rings. The van der Waals surface area contributed by atoms with Gasteiger partial charge in [0, 0.05) is 9.75 Å². The Morgan fingerprint density at radius 3 is 2.72 bits per heavy atom. The third-order valence-electron chi connectivity index (χ3n) is 2.66. The van der Waals surface area contributed by atoms with Gasteiger partial charge >= 0.3 is 0 Å². The van der Waals surface area contributed by atoms with Gasteiger partial charge in [-0.3, -0.25) is 4.79 Å². The van der Waals surface area contributed by atoms with Gasteiger partial charge in [0.1, 0.15) is 5.82 Å². The molecule has 94 valence electrons. The molecule has 0 atom stereocenters. The van der Waals surface area contributed by atoms with Crippen LogP contribution in [0.4, 0.5) is 4.39 Å². The summed E-state index contributed by atoms with van der Waals surface area (Å²) in [5.74, 6) is -0.820. The monoisotopic (exact) mass is 263 g/mol. The van der Waals surface area contributed by atoms with E-state index in [1.165, 1.54) is 10.9 Å². The molecule has 0 aliphatic carbocycles. The molecule has 0 saturated carbocycles. The van der Waals surface area contributed by atoms with Crippen LogP contribution in [-0.2, 0) is 6.54 Å². The Morgan fingerprint density at radius 1 is 1.28 bits per heavy atom. The average Bonchev–Trinajstić information content (AvgIpc) is 2.76. The number of rotatable bonds is 3. The number of carbonyl (C=O) groups is 1. The van der Waals surface area contributed by atoms with Gasteiger partial charge in [0.05, 0.1) is 12.1 Å². The zero-order valence-corrected chi connectivity index (χ0v) is 11.1. The van der Waals surface area contributed by atoms with Gasteiger partial charge < -0.3 is 5.32 Å². The second kappa shape index (κ2) is 5.31. The number of aryl methyl sites for hydroxylation is 2. The lowest BCUT2D eigenvalue weighted by atomic mass is 10.1. The molecule has 0 bridgehead atoms. The summed E-state index contributed by atoms with van der Waals surface area (Å²) in [7, 11) is 0. The molecule has 0 aliphatic heterocycles. The summed E-state index contributed by atoms with van der Waals surface area (Å²) < 4.78 is 13.7. The molecule has 1 aromatic carbocycles. The fraction of sp³-hybridized carbons (Fsp3) is 0.214. The van der Waals surface area contributed by atoms with Gasteiger partial charge in [-0.15, -0.1) is 11.3 Å². The highest BCUT2D eigenvalue weighted by Gasteiger charge is 2.12. The minimum Gasteiger partial charge on any atom is -0.347 e. The minimum atomic E-state index is -0.447. The molecule has 1 heterocycles. The lowest BCUT2D eigenvalue weighted by Crippen LogP contribution is -2.23. The molecule has 0 saturated heterocycles. The van der Waals surface area contributed by atoms with Crippen molar-refractivity contribution in [3.63, 3.8) is 0 Å². The number of halogens is 1. The Balaban J connectivity index is 2.06. The fourth-order valence-electron chi connectivity index (χ4n) is 1.67. The summed E-state index contributed by atoms with van der Waals surface area (Å²) in [6.07, 6.45) is 0. The minimum absolute atomic E-state index is 0.100. The Morgan fingerprint density at radius 2 is 2.06 bits per heavy atom. The normalized spacial score (nSPS) is 10.4. The largest absolute Gasteiger partial charge is 0.347 e. The Kier molecular flexibility index (Phi) is 3.77. The first-order valence-electron chi connectivity index (χ1n) is 5.66. The predicted octanol–water partition coefficient (Wildman–Crippen LogP) is 3.43. The van der Waals surface area contributed by atoms with Crippen LogP contribution in [0.25, 0.3) is 0 Å². The van der Waals surface area contributed by atoms with Crippen LogP contribution in [-0.4, -0.2) is 5.91 Å². The van der Waals surface area contributed by atoms with E-state index in [0.29, 0.717) is 12.1 Å². The average molecular weight is 263 g/mol. The Labute approximate surface area is 109 Å². The number of hydrogen-bond donors (Lipinski definition) is 1. The SMILES string of the molecule is Cc1ccc(CNC(=O)c2cccc(C)c2F)s1. The van der Waals surface area contributed by atoms with E-state index in [-0.39, 0.29) is 11.5 Å². The van der Waals surface area contributed by atoms with Crippen molar-refractivity contribution in [1.29, 1.82) is 0 Å². The molecule has 2 nitrogen and oxygen atoms in total. The van der Waals surface area contributed by atoms with Crippen molar-refractivity contribution in [3.05, 3.63) is 57.0 Å². The topological polar surface area (TPSA) is 29.1 Å². The van der Waals surface area contributed by atoms with E-state index in [4.69, 9.17) is 0 Å². The molecule has 2 aromatic rings. The van der Waals surface area contributed by atoms with E-state index < -0.39 is 5.82 Å². The number of carbonyl (C=O) groups excluding carboxylic acids is 1. The van der Waals surface area contributed by atoms with E-state index in [1.54, 1.807) is 30.4 Å². The molecular weight excluding hydrogens is 249 g/mol. The maximum Gasteiger partial charge on any atom is 0.254 e. The number of nitrogens with one attached hydrogen (secondary N) is 1. The van der Waals surface area contributed by atoms with Crippen LogP contribution in [0.5, 0.6) is 0 Å². The van der Waals surface area contributed by atoms with Gasteiger partial charge in [-0.25, -0.2) is 4.39 Å². The van der Waals surface area contributed by atoms with Crippen molar-refractivity contribution < 1.29 is 9.18 Å². The predicted molar refractivity (Wildman–Crippen MR) is 71.4 cm³/mol. The number of benzene rings is 1. The van der Waals surface area contributed by atoms with Gasteiger partial charge in [0.15, 0.2) is 0 Å². The molecule has 1 amide bonds. The number of thiophene rings is 1. The van der Waals surface area contributed by atoms with Crippen LogP contribution in [0.15, 0.2) is 30.3 Å². The molecule has 0 radical (unpaired) electrons. The van der Waals surface area contributed by atoms with E-state index in [0.717, 1.165) is 4.88 Å². The summed E-state index contributed by atoms with van der Waals surface area (Å²) in [4.78, 5) is 14.1. The molecule has 18 heavy (non-hydrogen) atoms. The summed E-state index contributed by atoms with van der Waals surface area (Å²) in [6, 6.07) is 8.79. The van der Waals surface area contributed by atoms with Crippen LogP contribution < -0.4 is 5.32 Å². The maximum atomic E-state index is 13.7. The van der Waals surface area contributed by atoms with E-state index in [9.17, 15) is 9.18 Å². The lowest BCUT2D eigenvalue weighted by molar-refractivity contribution is 0.0947. The van der Waals surface area contributed by atoms with Gasteiger partial charge in [-0.2, -0.15) is 0 Å². The fourth-order valence-corrected chi connectivity index (χ4v) is 2.50. The smallest absolute Gasteiger partial charge is 0.254 e. The van der Waals surface area contributed by atoms with E-state index in [1.807, 2.05) is 19.1 Å². The van der Waals surface area contributed by atoms with Crippen LogP contribution in [0.1, 0.15) is 25.7 Å². The van der Waals surface area contributed by atoms with E-state index >= 15 is 0 Å². The number of hydrogen-bond acceptors (Lipinski definition) is 2. The molecule has 0 spiro atoms.